The first kappa shape index (κ1) is 8.51. The van der Waals surface area contributed by atoms with E-state index in [1.807, 2.05) is 6.07 Å². The lowest BCUT2D eigenvalue weighted by molar-refractivity contribution is 0.371. The van der Waals surface area contributed by atoms with Gasteiger partial charge >= 0.3 is 0 Å². The molecule has 2 nitrogen and oxygen atoms in total. The third kappa shape index (κ3) is 1.52. The van der Waals surface area contributed by atoms with Gasteiger partial charge in [-0.05, 0) is 30.7 Å². The third-order valence-electron chi connectivity index (χ3n) is 2.40. The van der Waals surface area contributed by atoms with E-state index in [9.17, 15) is 4.39 Å². The van der Waals surface area contributed by atoms with Gasteiger partial charge < -0.3 is 10.1 Å². The fraction of sp³-hybridized carbons (Fsp3) is 0.400. The number of nitrogens with one attached hydrogen (secondary N) is 1. The normalized spacial score (nSPS) is 20.9. The summed E-state index contributed by atoms with van der Waals surface area (Å²) in [6.07, 6.45) is 1.09. The minimum Gasteiger partial charge on any atom is -0.494 e. The van der Waals surface area contributed by atoms with Crippen LogP contribution in [0.3, 0.4) is 0 Å². The minimum atomic E-state index is -0.284. The van der Waals surface area contributed by atoms with Gasteiger partial charge in [0.2, 0.25) is 0 Å². The summed E-state index contributed by atoms with van der Waals surface area (Å²) in [5, 5.41) is 3.22. The Morgan fingerprint density at radius 1 is 1.54 bits per heavy atom. The van der Waals surface area contributed by atoms with Gasteiger partial charge in [0, 0.05) is 6.04 Å². The Balaban J connectivity index is 2.24. The lowest BCUT2D eigenvalue weighted by atomic mass is 9.98. The van der Waals surface area contributed by atoms with Crippen molar-refractivity contribution in [1.29, 1.82) is 0 Å². The number of rotatable bonds is 2. The van der Waals surface area contributed by atoms with Gasteiger partial charge in [-0.3, -0.25) is 0 Å². The summed E-state index contributed by atoms with van der Waals surface area (Å²) in [4.78, 5) is 0. The molecule has 1 aliphatic heterocycles. The van der Waals surface area contributed by atoms with E-state index in [-0.39, 0.29) is 5.82 Å². The molecule has 1 fully saturated rings. The Morgan fingerprint density at radius 2 is 2.31 bits per heavy atom. The van der Waals surface area contributed by atoms with E-state index in [1.165, 1.54) is 13.2 Å². The Morgan fingerprint density at radius 3 is 2.77 bits per heavy atom. The number of hydrogen-bond donors (Lipinski definition) is 1. The average molecular weight is 181 g/mol. The summed E-state index contributed by atoms with van der Waals surface area (Å²) < 4.78 is 18.1. The molecule has 0 saturated carbocycles. The highest BCUT2D eigenvalue weighted by Gasteiger charge is 2.19. The largest absolute Gasteiger partial charge is 0.494 e. The molecule has 0 amide bonds. The number of halogens is 1. The highest BCUT2D eigenvalue weighted by Crippen LogP contribution is 2.26. The van der Waals surface area contributed by atoms with Gasteiger partial charge in [-0.1, -0.05) is 6.07 Å². The van der Waals surface area contributed by atoms with E-state index in [0.717, 1.165) is 18.5 Å². The molecule has 1 aliphatic rings. The van der Waals surface area contributed by atoms with Crippen molar-refractivity contribution >= 4 is 0 Å². The SMILES string of the molecule is COc1ccc([C@H]2CCN2)cc1F. The quantitative estimate of drug-likeness (QED) is 0.752. The van der Waals surface area contributed by atoms with Gasteiger partial charge in [-0.25, -0.2) is 4.39 Å². The molecule has 0 radical (unpaired) electrons. The zero-order valence-electron chi connectivity index (χ0n) is 7.51. The van der Waals surface area contributed by atoms with Crippen molar-refractivity contribution in [3.8, 4) is 5.75 Å². The molecule has 0 aliphatic carbocycles. The maximum atomic E-state index is 13.2. The summed E-state index contributed by atoms with van der Waals surface area (Å²) in [5.41, 5.74) is 1.00. The molecule has 1 aromatic carbocycles. The van der Waals surface area contributed by atoms with E-state index in [1.54, 1.807) is 6.07 Å². The van der Waals surface area contributed by atoms with Crippen LogP contribution in [0.15, 0.2) is 18.2 Å². The average Bonchev–Trinajstić information content (AvgIpc) is 2.01. The van der Waals surface area contributed by atoms with Crippen molar-refractivity contribution in [1.82, 2.24) is 5.32 Å². The van der Waals surface area contributed by atoms with Gasteiger partial charge in [0.1, 0.15) is 0 Å². The smallest absolute Gasteiger partial charge is 0.165 e. The third-order valence-corrected chi connectivity index (χ3v) is 2.40. The van der Waals surface area contributed by atoms with E-state index >= 15 is 0 Å². The fourth-order valence-corrected chi connectivity index (χ4v) is 1.47. The summed E-state index contributed by atoms with van der Waals surface area (Å²) in [5.74, 6) is 0.0248. The molecule has 0 aromatic heterocycles. The molecule has 1 atom stereocenters. The van der Waals surface area contributed by atoms with Crippen LogP contribution < -0.4 is 10.1 Å². The van der Waals surface area contributed by atoms with Crippen molar-refractivity contribution < 1.29 is 9.13 Å². The van der Waals surface area contributed by atoms with E-state index in [2.05, 4.69) is 5.32 Å². The predicted octanol–water partition coefficient (Wildman–Crippen LogP) is 1.87. The van der Waals surface area contributed by atoms with Crippen molar-refractivity contribution in [2.45, 2.75) is 12.5 Å². The summed E-state index contributed by atoms with van der Waals surface area (Å²) in [6.45, 7) is 1.03. The second-order valence-electron chi connectivity index (χ2n) is 3.19. The maximum absolute atomic E-state index is 13.2. The van der Waals surface area contributed by atoms with Crippen LogP contribution in [0.25, 0.3) is 0 Å². The van der Waals surface area contributed by atoms with Gasteiger partial charge in [0.05, 0.1) is 7.11 Å². The van der Waals surface area contributed by atoms with Gasteiger partial charge in [0.25, 0.3) is 0 Å². The zero-order chi connectivity index (χ0) is 9.26. The second-order valence-corrected chi connectivity index (χ2v) is 3.19. The molecule has 2 rings (SSSR count). The molecule has 0 bridgehead atoms. The topological polar surface area (TPSA) is 21.3 Å². The molecule has 1 aromatic rings. The van der Waals surface area contributed by atoms with Crippen LogP contribution in [0.1, 0.15) is 18.0 Å². The lowest BCUT2D eigenvalue weighted by Crippen LogP contribution is -2.34. The van der Waals surface area contributed by atoms with Crippen LogP contribution in [0.5, 0.6) is 5.75 Å². The molecule has 1 N–H and O–H groups in total. The molecule has 13 heavy (non-hydrogen) atoms. The number of methoxy groups -OCH3 is 1. The molecule has 3 heteroatoms. The Labute approximate surface area is 76.7 Å². The van der Waals surface area contributed by atoms with Gasteiger partial charge in [-0.15, -0.1) is 0 Å². The Kier molecular flexibility index (Phi) is 2.19. The van der Waals surface area contributed by atoms with Crippen LogP contribution >= 0.6 is 0 Å². The fourth-order valence-electron chi connectivity index (χ4n) is 1.47. The van der Waals surface area contributed by atoms with Crippen LogP contribution in [-0.2, 0) is 0 Å². The molecular formula is C10H12FNO. The summed E-state index contributed by atoms with van der Waals surface area (Å²) >= 11 is 0. The molecule has 0 unspecified atom stereocenters. The van der Waals surface area contributed by atoms with Crippen LogP contribution in [0, 0.1) is 5.82 Å². The van der Waals surface area contributed by atoms with Gasteiger partial charge in [0.15, 0.2) is 11.6 Å². The zero-order valence-corrected chi connectivity index (χ0v) is 7.51. The molecular weight excluding hydrogens is 169 g/mol. The summed E-state index contributed by atoms with van der Waals surface area (Å²) in [6, 6.07) is 5.44. The van der Waals surface area contributed by atoms with E-state index < -0.39 is 0 Å². The van der Waals surface area contributed by atoms with Crippen molar-refractivity contribution in [3.63, 3.8) is 0 Å². The minimum absolute atomic E-state index is 0.284. The molecule has 0 spiro atoms. The first-order chi connectivity index (χ1) is 6.31. The first-order valence-corrected chi connectivity index (χ1v) is 4.38. The highest BCUT2D eigenvalue weighted by molar-refractivity contribution is 5.31. The van der Waals surface area contributed by atoms with Crippen LogP contribution in [-0.4, -0.2) is 13.7 Å². The maximum Gasteiger partial charge on any atom is 0.165 e. The molecule has 1 saturated heterocycles. The summed E-state index contributed by atoms with van der Waals surface area (Å²) in [7, 11) is 1.47. The molecule has 1 heterocycles. The van der Waals surface area contributed by atoms with E-state index in [4.69, 9.17) is 4.74 Å². The van der Waals surface area contributed by atoms with E-state index in [0.29, 0.717) is 11.8 Å². The Bertz CT molecular complexity index is 310. The Hall–Kier alpha value is -1.09. The van der Waals surface area contributed by atoms with Crippen molar-refractivity contribution in [3.05, 3.63) is 29.6 Å². The highest BCUT2D eigenvalue weighted by atomic mass is 19.1. The number of benzene rings is 1. The number of hydrogen-bond acceptors (Lipinski definition) is 2. The predicted molar refractivity (Wildman–Crippen MR) is 48.3 cm³/mol. The first-order valence-electron chi connectivity index (χ1n) is 4.38. The second kappa shape index (κ2) is 3.34. The monoisotopic (exact) mass is 181 g/mol. The van der Waals surface area contributed by atoms with Gasteiger partial charge in [-0.2, -0.15) is 0 Å². The standard InChI is InChI=1S/C10H12FNO/c1-13-10-3-2-7(6-8(10)11)9-4-5-12-9/h2-3,6,9,12H,4-5H2,1H3/t9-/m1/s1. The van der Waals surface area contributed by atoms with Crippen LogP contribution in [0.4, 0.5) is 4.39 Å². The lowest BCUT2D eigenvalue weighted by Gasteiger charge is -2.28. The number of ether oxygens (including phenoxy) is 1. The van der Waals surface area contributed by atoms with Crippen molar-refractivity contribution in [2.75, 3.05) is 13.7 Å². The van der Waals surface area contributed by atoms with Crippen LogP contribution in [0.2, 0.25) is 0 Å². The van der Waals surface area contributed by atoms with Crippen molar-refractivity contribution in [2.24, 2.45) is 0 Å². The molecule has 70 valence electrons.